The maximum atomic E-state index is 13.4. The molecule has 1 aliphatic heterocycles. The number of fused-ring (bicyclic) bond motifs is 2. The largest absolute Gasteiger partial charge is 0.396 e. The second-order valence-electron chi connectivity index (χ2n) is 8.60. The first-order chi connectivity index (χ1) is 14.5. The van der Waals surface area contributed by atoms with E-state index >= 15 is 0 Å². The van der Waals surface area contributed by atoms with E-state index in [1.165, 1.54) is 11.3 Å². The minimum atomic E-state index is -0.155. The number of benzene rings is 2. The zero-order valence-electron chi connectivity index (χ0n) is 17.9. The third-order valence-corrected chi connectivity index (χ3v) is 6.08. The smallest absolute Gasteiger partial charge is 0.196 e. The van der Waals surface area contributed by atoms with E-state index in [2.05, 4.69) is 24.3 Å². The summed E-state index contributed by atoms with van der Waals surface area (Å²) in [5.41, 5.74) is 10.3. The lowest BCUT2D eigenvalue weighted by molar-refractivity contribution is -0.858. The molecule has 6 heteroatoms. The molecule has 0 atom stereocenters. The van der Waals surface area contributed by atoms with Crippen molar-refractivity contribution in [1.29, 1.82) is 0 Å². The summed E-state index contributed by atoms with van der Waals surface area (Å²) in [4.78, 5) is 30.4. The standard InChI is InChI=1S/C24H30N4O2/c1-27(2)12-8-11-26-18-15-19(28-13-6-3-7-14-28)22(25)21-20(18)23(29)16-9-4-5-10-17(16)24(21)30/h4-5,9-10,15,26H,3,6-8,11-14,25H2,1-2H3/p+1. The van der Waals surface area contributed by atoms with Crippen molar-refractivity contribution >= 4 is 28.6 Å². The Kier molecular flexibility index (Phi) is 5.77. The second kappa shape index (κ2) is 8.48. The number of nitrogen functional groups attached to an aromatic ring is 1. The fourth-order valence-corrected chi connectivity index (χ4v) is 4.51. The summed E-state index contributed by atoms with van der Waals surface area (Å²) in [5.74, 6) is -0.282. The molecule has 6 nitrogen and oxygen atoms in total. The Hall–Kier alpha value is -2.86. The Bertz CT molecular complexity index is 977. The molecule has 2 aromatic rings. The van der Waals surface area contributed by atoms with Crippen molar-refractivity contribution in [2.24, 2.45) is 0 Å². The maximum absolute atomic E-state index is 13.4. The van der Waals surface area contributed by atoms with Crippen LogP contribution >= 0.6 is 0 Å². The van der Waals surface area contributed by atoms with Crippen LogP contribution in [0.5, 0.6) is 0 Å². The van der Waals surface area contributed by atoms with E-state index in [0.29, 0.717) is 27.9 Å². The molecule has 0 spiro atoms. The normalized spacial score (nSPS) is 15.9. The molecule has 0 radical (unpaired) electrons. The minimum Gasteiger partial charge on any atom is -0.396 e. The number of anilines is 3. The number of quaternary nitrogens is 1. The SMILES string of the molecule is C[NH+](C)CCCNc1cc(N2CCCCC2)c(N)c2c1C(=O)c1ccccc1C2=O. The van der Waals surface area contributed by atoms with Gasteiger partial charge >= 0.3 is 0 Å². The number of hydrogen-bond donors (Lipinski definition) is 3. The van der Waals surface area contributed by atoms with Gasteiger partial charge in [0, 0.05) is 42.9 Å². The van der Waals surface area contributed by atoms with Crippen molar-refractivity contribution in [2.75, 3.05) is 56.2 Å². The molecule has 2 aliphatic rings. The molecule has 0 saturated carbocycles. The number of nitrogens with one attached hydrogen (secondary N) is 2. The molecular weight excluding hydrogens is 376 g/mol. The first-order valence-electron chi connectivity index (χ1n) is 10.9. The summed E-state index contributed by atoms with van der Waals surface area (Å²) in [6.45, 7) is 3.61. The molecule has 4 N–H and O–H groups in total. The highest BCUT2D eigenvalue weighted by molar-refractivity contribution is 6.32. The summed E-state index contributed by atoms with van der Waals surface area (Å²) in [5, 5.41) is 3.45. The highest BCUT2D eigenvalue weighted by Crippen LogP contribution is 2.41. The molecule has 1 aliphatic carbocycles. The van der Waals surface area contributed by atoms with Gasteiger partial charge in [-0.2, -0.15) is 0 Å². The molecular formula is C24H31N4O2+. The van der Waals surface area contributed by atoms with Crippen molar-refractivity contribution < 1.29 is 14.5 Å². The predicted octanol–water partition coefficient (Wildman–Crippen LogP) is 1.98. The van der Waals surface area contributed by atoms with E-state index in [9.17, 15) is 9.59 Å². The van der Waals surface area contributed by atoms with E-state index < -0.39 is 0 Å². The summed E-state index contributed by atoms with van der Waals surface area (Å²) < 4.78 is 0. The highest BCUT2D eigenvalue weighted by atomic mass is 16.1. The quantitative estimate of drug-likeness (QED) is 0.430. The third-order valence-electron chi connectivity index (χ3n) is 6.08. The lowest BCUT2D eigenvalue weighted by Gasteiger charge is -2.32. The van der Waals surface area contributed by atoms with Gasteiger partial charge in [0.05, 0.1) is 43.1 Å². The third kappa shape index (κ3) is 3.67. The molecule has 2 aromatic carbocycles. The molecule has 158 valence electrons. The first kappa shape index (κ1) is 20.4. The number of carbonyl (C=O) groups excluding carboxylic acids is 2. The van der Waals surface area contributed by atoms with Crippen molar-refractivity contribution in [3.63, 3.8) is 0 Å². The van der Waals surface area contributed by atoms with E-state index in [0.717, 1.165) is 56.8 Å². The molecule has 30 heavy (non-hydrogen) atoms. The van der Waals surface area contributed by atoms with Gasteiger partial charge in [0.2, 0.25) is 0 Å². The van der Waals surface area contributed by atoms with E-state index in [1.54, 1.807) is 24.3 Å². The Morgan fingerprint density at radius 1 is 1.00 bits per heavy atom. The molecule has 0 amide bonds. The van der Waals surface area contributed by atoms with Gasteiger partial charge < -0.3 is 20.9 Å². The second-order valence-corrected chi connectivity index (χ2v) is 8.60. The van der Waals surface area contributed by atoms with Crippen LogP contribution in [0.3, 0.4) is 0 Å². The fourth-order valence-electron chi connectivity index (χ4n) is 4.51. The number of rotatable bonds is 6. The number of ketones is 2. The Balaban J connectivity index is 1.80. The molecule has 0 unspecified atom stereocenters. The van der Waals surface area contributed by atoms with Gasteiger partial charge in [-0.25, -0.2) is 0 Å². The van der Waals surface area contributed by atoms with Crippen LogP contribution in [0.15, 0.2) is 30.3 Å². The Morgan fingerprint density at radius 3 is 2.27 bits per heavy atom. The molecule has 0 aromatic heterocycles. The molecule has 4 rings (SSSR count). The lowest BCUT2D eigenvalue weighted by Crippen LogP contribution is -3.05. The summed E-state index contributed by atoms with van der Waals surface area (Å²) in [6.07, 6.45) is 4.41. The van der Waals surface area contributed by atoms with E-state index in [-0.39, 0.29) is 11.6 Å². The number of nitrogens with two attached hydrogens (primary N) is 1. The topological polar surface area (TPSA) is 79.9 Å². The maximum Gasteiger partial charge on any atom is 0.196 e. The van der Waals surface area contributed by atoms with Crippen LogP contribution in [0.4, 0.5) is 17.1 Å². The first-order valence-corrected chi connectivity index (χ1v) is 10.9. The van der Waals surface area contributed by atoms with Crippen LogP contribution < -0.4 is 20.9 Å². The number of nitrogens with zero attached hydrogens (tertiary/aromatic N) is 1. The van der Waals surface area contributed by atoms with Crippen molar-refractivity contribution in [1.82, 2.24) is 0 Å². The van der Waals surface area contributed by atoms with Crippen molar-refractivity contribution in [3.8, 4) is 0 Å². The van der Waals surface area contributed by atoms with Crippen LogP contribution in [-0.2, 0) is 0 Å². The Labute approximate surface area is 178 Å². The number of piperidine rings is 1. The van der Waals surface area contributed by atoms with E-state index in [4.69, 9.17) is 5.73 Å². The van der Waals surface area contributed by atoms with Crippen LogP contribution in [0.1, 0.15) is 57.5 Å². The van der Waals surface area contributed by atoms with Gasteiger partial charge in [0.25, 0.3) is 0 Å². The summed E-state index contributed by atoms with van der Waals surface area (Å²) in [6, 6.07) is 9.03. The lowest BCUT2D eigenvalue weighted by atomic mass is 9.81. The molecule has 1 heterocycles. The van der Waals surface area contributed by atoms with Crippen LogP contribution in [0.25, 0.3) is 0 Å². The number of carbonyl (C=O) groups is 2. The zero-order valence-corrected chi connectivity index (χ0v) is 17.9. The summed E-state index contributed by atoms with van der Waals surface area (Å²) >= 11 is 0. The predicted molar refractivity (Wildman–Crippen MR) is 121 cm³/mol. The van der Waals surface area contributed by atoms with Crippen molar-refractivity contribution in [3.05, 3.63) is 52.6 Å². The molecule has 0 bridgehead atoms. The monoisotopic (exact) mass is 407 g/mol. The van der Waals surface area contributed by atoms with Gasteiger partial charge in [0.1, 0.15) is 0 Å². The number of hydrogen-bond acceptors (Lipinski definition) is 5. The Morgan fingerprint density at radius 2 is 1.63 bits per heavy atom. The van der Waals surface area contributed by atoms with Crippen LogP contribution in [0, 0.1) is 0 Å². The van der Waals surface area contributed by atoms with Gasteiger partial charge in [-0.05, 0) is 25.3 Å². The van der Waals surface area contributed by atoms with Crippen molar-refractivity contribution in [2.45, 2.75) is 25.7 Å². The van der Waals surface area contributed by atoms with Gasteiger partial charge in [-0.3, -0.25) is 9.59 Å². The fraction of sp³-hybridized carbons (Fsp3) is 0.417. The average Bonchev–Trinajstić information content (AvgIpc) is 2.76. The summed E-state index contributed by atoms with van der Waals surface area (Å²) in [7, 11) is 4.25. The minimum absolute atomic E-state index is 0.127. The molecule has 1 fully saturated rings. The van der Waals surface area contributed by atoms with Gasteiger partial charge in [-0.1, -0.05) is 24.3 Å². The molecule has 1 saturated heterocycles. The van der Waals surface area contributed by atoms with Crippen LogP contribution in [-0.4, -0.2) is 51.8 Å². The zero-order chi connectivity index (χ0) is 21.3. The average molecular weight is 408 g/mol. The van der Waals surface area contributed by atoms with E-state index in [1.807, 2.05) is 6.07 Å². The van der Waals surface area contributed by atoms with Gasteiger partial charge in [0.15, 0.2) is 11.6 Å². The van der Waals surface area contributed by atoms with Crippen LogP contribution in [0.2, 0.25) is 0 Å². The highest BCUT2D eigenvalue weighted by Gasteiger charge is 2.35. The van der Waals surface area contributed by atoms with Gasteiger partial charge in [-0.15, -0.1) is 0 Å².